The van der Waals surface area contributed by atoms with Gasteiger partial charge in [0, 0.05) is 42.8 Å². The van der Waals surface area contributed by atoms with Gasteiger partial charge in [-0.15, -0.1) is 22.7 Å². The van der Waals surface area contributed by atoms with Gasteiger partial charge in [-0.1, -0.05) is 27.7 Å². The molecule has 2 aromatic carbocycles. The zero-order valence-electron chi connectivity index (χ0n) is 24.6. The van der Waals surface area contributed by atoms with Crippen molar-refractivity contribution in [2.24, 2.45) is 0 Å². The summed E-state index contributed by atoms with van der Waals surface area (Å²) in [5, 5.41) is 0. The number of ketones is 4. The van der Waals surface area contributed by atoms with Crippen LogP contribution in [-0.2, 0) is 10.8 Å². The molecule has 0 saturated carbocycles. The molecule has 0 aliphatic heterocycles. The Kier molecular flexibility index (Phi) is 5.68. The van der Waals surface area contributed by atoms with Crippen LogP contribution >= 0.6 is 22.7 Å². The van der Waals surface area contributed by atoms with E-state index in [-0.39, 0.29) is 33.4 Å². The van der Waals surface area contributed by atoms with Crippen molar-refractivity contribution in [3.8, 4) is 0 Å². The highest BCUT2D eigenvalue weighted by Crippen LogP contribution is 2.58. The molecule has 0 fully saturated rings. The summed E-state index contributed by atoms with van der Waals surface area (Å²) in [7, 11) is 0. The van der Waals surface area contributed by atoms with Gasteiger partial charge in [0.1, 0.15) is 0 Å². The van der Waals surface area contributed by atoms with Crippen LogP contribution in [0.15, 0.2) is 58.7 Å². The predicted molar refractivity (Wildman–Crippen MR) is 168 cm³/mol. The van der Waals surface area contributed by atoms with Crippen LogP contribution in [-0.4, -0.2) is 23.1 Å². The lowest BCUT2D eigenvalue weighted by atomic mass is 9.79. The summed E-state index contributed by atoms with van der Waals surface area (Å²) in [5.41, 5.74) is 1.43. The van der Waals surface area contributed by atoms with Gasteiger partial charge in [0.25, 0.3) is 0 Å². The van der Waals surface area contributed by atoms with Gasteiger partial charge in [0.2, 0.25) is 0 Å². The minimum atomic E-state index is -1.19. The molecule has 0 bridgehead atoms. The monoisotopic (exact) mass is 656 g/mol. The molecule has 0 atom stereocenters. The van der Waals surface area contributed by atoms with Crippen molar-refractivity contribution in [3.05, 3.63) is 125 Å². The highest BCUT2D eigenvalue weighted by molar-refractivity contribution is 7.29. The van der Waals surface area contributed by atoms with Crippen LogP contribution in [0.1, 0.15) is 90.0 Å². The Morgan fingerprint density at radius 1 is 0.522 bits per heavy atom. The van der Waals surface area contributed by atoms with E-state index in [0.29, 0.717) is 0 Å². The average molecular weight is 657 g/mol. The third-order valence-corrected chi connectivity index (χ3v) is 12.0. The van der Waals surface area contributed by atoms with Gasteiger partial charge < -0.3 is 0 Å². The number of halogens is 4. The fourth-order valence-electron chi connectivity index (χ4n) is 6.94. The van der Waals surface area contributed by atoms with E-state index in [0.717, 1.165) is 65.7 Å². The lowest BCUT2D eigenvalue weighted by Crippen LogP contribution is -2.17. The van der Waals surface area contributed by atoms with Crippen LogP contribution in [0.25, 0.3) is 21.6 Å². The summed E-state index contributed by atoms with van der Waals surface area (Å²) < 4.78 is 57.5. The second-order valence-electron chi connectivity index (χ2n) is 12.8. The van der Waals surface area contributed by atoms with Crippen molar-refractivity contribution in [3.63, 3.8) is 0 Å². The molecule has 8 rings (SSSR count). The van der Waals surface area contributed by atoms with E-state index in [1.54, 1.807) is 22.7 Å². The normalized spacial score (nSPS) is 18.7. The van der Waals surface area contributed by atoms with Crippen molar-refractivity contribution < 1.29 is 36.7 Å². The molecule has 0 radical (unpaired) electrons. The summed E-state index contributed by atoms with van der Waals surface area (Å²) in [6.07, 6.45) is 6.92. The Labute approximate surface area is 267 Å². The summed E-state index contributed by atoms with van der Waals surface area (Å²) in [5.74, 6) is -7.32. The lowest BCUT2D eigenvalue weighted by Gasteiger charge is -2.23. The van der Waals surface area contributed by atoms with E-state index >= 15 is 0 Å². The van der Waals surface area contributed by atoms with Crippen molar-refractivity contribution >= 4 is 67.4 Å². The van der Waals surface area contributed by atoms with E-state index in [1.165, 1.54) is 12.2 Å². The Balaban J connectivity index is 1.17. The molecule has 10 heteroatoms. The quantitative estimate of drug-likeness (QED) is 0.123. The topological polar surface area (TPSA) is 68.3 Å². The molecule has 0 amide bonds. The minimum Gasteiger partial charge on any atom is -0.288 e. The average Bonchev–Trinajstić information content (AvgIpc) is 3.74. The third kappa shape index (κ3) is 3.59. The minimum absolute atomic E-state index is 0.134. The molecule has 4 aromatic rings. The zero-order chi connectivity index (χ0) is 32.8. The van der Waals surface area contributed by atoms with Crippen LogP contribution < -0.4 is 0 Å². The van der Waals surface area contributed by atoms with E-state index < -0.39 is 57.2 Å². The van der Waals surface area contributed by atoms with Gasteiger partial charge in [0.15, 0.2) is 46.4 Å². The summed E-state index contributed by atoms with van der Waals surface area (Å²) in [6, 6.07) is 3.07. The van der Waals surface area contributed by atoms with Crippen molar-refractivity contribution in [2.45, 2.75) is 38.5 Å². The van der Waals surface area contributed by atoms with E-state index in [4.69, 9.17) is 0 Å². The number of benzene rings is 2. The number of hydrogen-bond donors (Lipinski definition) is 0. The first-order valence-corrected chi connectivity index (χ1v) is 15.9. The first-order chi connectivity index (χ1) is 21.6. The summed E-state index contributed by atoms with van der Waals surface area (Å²) in [6.45, 7) is 7.97. The predicted octanol–water partition coefficient (Wildman–Crippen LogP) is 8.88. The van der Waals surface area contributed by atoms with E-state index in [1.807, 2.05) is 39.8 Å². The first-order valence-electron chi connectivity index (χ1n) is 14.3. The number of rotatable bonds is 2. The van der Waals surface area contributed by atoms with Crippen LogP contribution in [0.3, 0.4) is 0 Å². The van der Waals surface area contributed by atoms with Gasteiger partial charge in [-0.05, 0) is 70.8 Å². The number of hydrogen-bond acceptors (Lipinski definition) is 6. The first kappa shape index (κ1) is 28.9. The Bertz CT molecular complexity index is 2120. The lowest BCUT2D eigenvalue weighted by molar-refractivity contribution is 0.0973. The SMILES string of the molecule is CC1(C)C(C=C2C(=O)c3cc(F)c(F)cc3C2=O)=Cc2sc3c4c(sc3c21)C=C(C=C1C(=O)c2cc(F)c(F)cc2C1=O)C4(C)C. The molecular formula is C36H20F4O4S2. The third-order valence-electron chi connectivity index (χ3n) is 9.52. The number of Topliss-reactive ketones (excluding diaryl/α,β-unsaturated/α-hetero) is 4. The van der Waals surface area contributed by atoms with Gasteiger partial charge in [-0.2, -0.15) is 0 Å². The standard InChI is InChI=1S/C36H20F4O4S2/c1-35(2)13(5-19-29(41)15-9-21(37)22(38)10-16(15)30(19)42)7-25-27(35)33-34(45-25)28-26(46-33)8-14(36(28,3)4)6-20-31(43)17-11-23(39)24(40)12-18(17)32(20)44/h5-12H,1-4H3. The van der Waals surface area contributed by atoms with Crippen LogP contribution in [0.2, 0.25) is 0 Å². The number of thiophene rings is 2. The van der Waals surface area contributed by atoms with Crippen molar-refractivity contribution in [2.75, 3.05) is 0 Å². The Morgan fingerprint density at radius 2 is 0.804 bits per heavy atom. The maximum absolute atomic E-state index is 13.9. The molecule has 4 aliphatic carbocycles. The molecule has 0 spiro atoms. The second-order valence-corrected chi connectivity index (χ2v) is 15.0. The second kappa shape index (κ2) is 9.04. The molecule has 46 heavy (non-hydrogen) atoms. The highest BCUT2D eigenvalue weighted by Gasteiger charge is 2.44. The van der Waals surface area contributed by atoms with Gasteiger partial charge >= 0.3 is 0 Å². The number of allylic oxidation sites excluding steroid dienone is 6. The highest BCUT2D eigenvalue weighted by atomic mass is 32.1. The zero-order valence-corrected chi connectivity index (χ0v) is 26.2. The largest absolute Gasteiger partial charge is 0.288 e. The molecule has 2 heterocycles. The molecule has 0 unspecified atom stereocenters. The summed E-state index contributed by atoms with van der Waals surface area (Å²) >= 11 is 3.12. The Hall–Kier alpha value is -4.54. The number of carbonyl (C=O) groups excluding carboxylic acids is 4. The van der Waals surface area contributed by atoms with Gasteiger partial charge in [0.05, 0.1) is 20.5 Å². The van der Waals surface area contributed by atoms with Crippen LogP contribution in [0.4, 0.5) is 17.6 Å². The van der Waals surface area contributed by atoms with Crippen molar-refractivity contribution in [1.29, 1.82) is 0 Å². The molecule has 0 N–H and O–H groups in total. The van der Waals surface area contributed by atoms with Crippen LogP contribution in [0.5, 0.6) is 0 Å². The van der Waals surface area contributed by atoms with E-state index in [2.05, 4.69) is 0 Å². The number of fused-ring (bicyclic) bond motifs is 7. The smallest absolute Gasteiger partial charge is 0.197 e. The maximum atomic E-state index is 13.9. The molecule has 4 aliphatic rings. The number of carbonyl (C=O) groups is 4. The molecule has 4 nitrogen and oxygen atoms in total. The van der Waals surface area contributed by atoms with Gasteiger partial charge in [-0.3, -0.25) is 19.2 Å². The molecule has 0 saturated heterocycles. The fraction of sp³-hybridized carbons (Fsp3) is 0.167. The maximum Gasteiger partial charge on any atom is 0.197 e. The van der Waals surface area contributed by atoms with E-state index in [9.17, 15) is 36.7 Å². The van der Waals surface area contributed by atoms with Gasteiger partial charge in [-0.25, -0.2) is 17.6 Å². The summed E-state index contributed by atoms with van der Waals surface area (Å²) in [4.78, 5) is 54.2. The van der Waals surface area contributed by atoms with Crippen LogP contribution in [0, 0.1) is 23.3 Å². The molecular weight excluding hydrogens is 637 g/mol. The fourth-order valence-corrected chi connectivity index (χ4v) is 10.4. The molecule has 2 aromatic heterocycles. The van der Waals surface area contributed by atoms with Crippen molar-refractivity contribution in [1.82, 2.24) is 0 Å². The molecule has 228 valence electrons. The Morgan fingerprint density at radius 3 is 1.09 bits per heavy atom.